The van der Waals surface area contributed by atoms with Crippen molar-refractivity contribution in [2.75, 3.05) is 0 Å². The number of allylic oxidation sites excluding steroid dienone is 1. The van der Waals surface area contributed by atoms with Gasteiger partial charge < -0.3 is 5.32 Å². The highest BCUT2D eigenvalue weighted by atomic mass is 15.2. The summed E-state index contributed by atoms with van der Waals surface area (Å²) in [5.41, 5.74) is 1.90. The summed E-state index contributed by atoms with van der Waals surface area (Å²) in [6.45, 7) is 8.53. The molecule has 1 nitrogen and oxygen atoms in total. The lowest BCUT2D eigenvalue weighted by molar-refractivity contribution is 0.396. The van der Waals surface area contributed by atoms with Crippen LogP contribution in [0.5, 0.6) is 0 Å². The van der Waals surface area contributed by atoms with Crippen molar-refractivity contribution in [2.24, 2.45) is 5.92 Å². The topological polar surface area (TPSA) is 21.9 Å². The predicted molar refractivity (Wildman–Crippen MR) is 47.5 cm³/mol. The van der Waals surface area contributed by atoms with Gasteiger partial charge in [-0.25, -0.2) is 0 Å². The fraction of sp³-hybridized carbons (Fsp3) is 0.800. The number of hydrogen-bond donors (Lipinski definition) is 1. The third-order valence-corrected chi connectivity index (χ3v) is 3.42. The Morgan fingerprint density at radius 2 is 2.36 bits per heavy atom. The molecule has 0 unspecified atom stereocenters. The molecule has 1 N–H and O–H groups in total. The molecule has 1 heteroatoms. The van der Waals surface area contributed by atoms with Crippen LogP contribution in [0.2, 0.25) is 0 Å². The van der Waals surface area contributed by atoms with Crippen molar-refractivity contribution in [3.63, 3.8) is 0 Å². The lowest BCUT2D eigenvalue weighted by Crippen LogP contribution is -2.21. The molecule has 0 radical (unpaired) electrons. The molecule has 0 bridgehead atoms. The first kappa shape index (κ1) is 7.35. The Kier molecular flexibility index (Phi) is 1.40. The van der Waals surface area contributed by atoms with Gasteiger partial charge >= 0.3 is 0 Å². The molecule has 0 aromatic carbocycles. The highest BCUT2D eigenvalue weighted by molar-refractivity contribution is 5.17. The van der Waals surface area contributed by atoms with E-state index in [2.05, 4.69) is 25.7 Å². The van der Waals surface area contributed by atoms with E-state index in [0.717, 1.165) is 12.0 Å². The fourth-order valence-corrected chi connectivity index (χ4v) is 2.25. The molecule has 62 valence electrons. The Balaban J connectivity index is 1.98. The first-order valence-electron chi connectivity index (χ1n) is 4.55. The van der Waals surface area contributed by atoms with Gasteiger partial charge in [0.2, 0.25) is 0 Å². The van der Waals surface area contributed by atoms with Crippen LogP contribution >= 0.6 is 0 Å². The SMILES string of the molecule is C=C(C)[C@H]1CC[C@]2(C)N[C@@H]2C1. The molecule has 0 aromatic heterocycles. The van der Waals surface area contributed by atoms with Crippen LogP contribution in [0.1, 0.15) is 33.1 Å². The molecule has 1 aliphatic carbocycles. The van der Waals surface area contributed by atoms with E-state index in [-0.39, 0.29) is 0 Å². The number of rotatable bonds is 1. The molecular weight excluding hydrogens is 134 g/mol. The van der Waals surface area contributed by atoms with Crippen LogP contribution in [0.3, 0.4) is 0 Å². The maximum absolute atomic E-state index is 4.03. The molecule has 1 saturated carbocycles. The van der Waals surface area contributed by atoms with Gasteiger partial charge in [-0.15, -0.1) is 0 Å². The van der Waals surface area contributed by atoms with Crippen molar-refractivity contribution >= 4 is 0 Å². The van der Waals surface area contributed by atoms with Gasteiger partial charge in [-0.2, -0.15) is 0 Å². The first-order chi connectivity index (χ1) is 5.12. The number of nitrogens with one attached hydrogen (secondary N) is 1. The van der Waals surface area contributed by atoms with Gasteiger partial charge in [0.05, 0.1) is 0 Å². The van der Waals surface area contributed by atoms with Crippen LogP contribution in [0, 0.1) is 5.92 Å². The fourth-order valence-electron chi connectivity index (χ4n) is 2.25. The summed E-state index contributed by atoms with van der Waals surface area (Å²) in [7, 11) is 0. The van der Waals surface area contributed by atoms with Crippen molar-refractivity contribution in [3.8, 4) is 0 Å². The van der Waals surface area contributed by atoms with E-state index >= 15 is 0 Å². The van der Waals surface area contributed by atoms with Crippen molar-refractivity contribution in [1.29, 1.82) is 0 Å². The average Bonchev–Trinajstić information content (AvgIpc) is 2.58. The van der Waals surface area contributed by atoms with Crippen molar-refractivity contribution < 1.29 is 0 Å². The molecule has 1 aliphatic heterocycles. The molecule has 1 saturated heterocycles. The molecule has 1 heterocycles. The second-order valence-electron chi connectivity index (χ2n) is 4.43. The van der Waals surface area contributed by atoms with Crippen LogP contribution in [0.25, 0.3) is 0 Å². The highest BCUT2D eigenvalue weighted by Gasteiger charge is 2.52. The molecule has 2 rings (SSSR count). The summed E-state index contributed by atoms with van der Waals surface area (Å²) in [5, 5.41) is 3.55. The predicted octanol–water partition coefficient (Wildman–Crippen LogP) is 2.09. The Hall–Kier alpha value is -0.300. The third-order valence-electron chi connectivity index (χ3n) is 3.42. The largest absolute Gasteiger partial charge is 0.305 e. The molecule has 11 heavy (non-hydrogen) atoms. The molecule has 0 spiro atoms. The van der Waals surface area contributed by atoms with Crippen LogP contribution in [-0.4, -0.2) is 11.6 Å². The zero-order chi connectivity index (χ0) is 8.06. The minimum atomic E-state index is 0.520. The number of hydrogen-bond acceptors (Lipinski definition) is 1. The second-order valence-corrected chi connectivity index (χ2v) is 4.43. The maximum atomic E-state index is 4.03. The normalized spacial score (nSPS) is 48.2. The molecule has 0 aromatic rings. The summed E-state index contributed by atoms with van der Waals surface area (Å²) in [5.74, 6) is 0.795. The lowest BCUT2D eigenvalue weighted by Gasteiger charge is -2.23. The Morgan fingerprint density at radius 1 is 1.64 bits per heavy atom. The van der Waals surface area contributed by atoms with Gasteiger partial charge in [0.25, 0.3) is 0 Å². The van der Waals surface area contributed by atoms with Gasteiger partial charge in [-0.05, 0) is 39.0 Å². The van der Waals surface area contributed by atoms with E-state index in [4.69, 9.17) is 0 Å². The van der Waals surface area contributed by atoms with Gasteiger partial charge in [-0.1, -0.05) is 12.2 Å². The summed E-state index contributed by atoms with van der Waals surface area (Å²) in [4.78, 5) is 0. The summed E-state index contributed by atoms with van der Waals surface area (Å²) in [6, 6.07) is 0.804. The Labute approximate surface area is 68.9 Å². The molecular formula is C10H17N. The summed E-state index contributed by atoms with van der Waals surface area (Å²) >= 11 is 0. The lowest BCUT2D eigenvalue weighted by atomic mass is 9.80. The van der Waals surface area contributed by atoms with E-state index in [0.29, 0.717) is 5.54 Å². The van der Waals surface area contributed by atoms with Crippen LogP contribution in [0.4, 0.5) is 0 Å². The van der Waals surface area contributed by atoms with Gasteiger partial charge in [-0.3, -0.25) is 0 Å². The smallest absolute Gasteiger partial charge is 0.0310 e. The molecule has 3 atom stereocenters. The zero-order valence-electron chi connectivity index (χ0n) is 7.48. The van der Waals surface area contributed by atoms with Crippen molar-refractivity contribution in [1.82, 2.24) is 5.32 Å². The summed E-state index contributed by atoms with van der Waals surface area (Å²) in [6.07, 6.45) is 4.01. The first-order valence-corrected chi connectivity index (χ1v) is 4.55. The van der Waals surface area contributed by atoms with E-state index < -0.39 is 0 Å². The van der Waals surface area contributed by atoms with Gasteiger partial charge in [0.1, 0.15) is 0 Å². The van der Waals surface area contributed by atoms with Crippen LogP contribution < -0.4 is 5.32 Å². The van der Waals surface area contributed by atoms with E-state index in [1.54, 1.807) is 0 Å². The van der Waals surface area contributed by atoms with Crippen molar-refractivity contribution in [3.05, 3.63) is 12.2 Å². The minimum absolute atomic E-state index is 0.520. The van der Waals surface area contributed by atoms with Crippen molar-refractivity contribution in [2.45, 2.75) is 44.7 Å². The highest BCUT2D eigenvalue weighted by Crippen LogP contribution is 2.43. The zero-order valence-corrected chi connectivity index (χ0v) is 7.48. The molecule has 2 fully saturated rings. The van der Waals surface area contributed by atoms with Gasteiger partial charge in [0, 0.05) is 11.6 Å². The third kappa shape index (κ3) is 1.12. The van der Waals surface area contributed by atoms with E-state index in [1.807, 2.05) is 0 Å². The average molecular weight is 151 g/mol. The van der Waals surface area contributed by atoms with Crippen LogP contribution in [-0.2, 0) is 0 Å². The maximum Gasteiger partial charge on any atom is 0.0310 e. The Bertz CT molecular complexity index is 197. The minimum Gasteiger partial charge on any atom is -0.305 e. The monoisotopic (exact) mass is 151 g/mol. The van der Waals surface area contributed by atoms with Crippen LogP contribution in [0.15, 0.2) is 12.2 Å². The molecule has 2 aliphatic rings. The quantitative estimate of drug-likeness (QED) is 0.450. The molecule has 0 amide bonds. The Morgan fingerprint density at radius 3 is 2.91 bits per heavy atom. The standard InChI is InChI=1S/C10H17N/c1-7(2)8-4-5-10(3)9(6-8)11-10/h8-9,11H,1,4-6H2,2-3H3/t8-,9+,10-/m0/s1. The number of fused-ring (bicyclic) bond motifs is 1. The van der Waals surface area contributed by atoms with Gasteiger partial charge in [0.15, 0.2) is 0 Å². The second kappa shape index (κ2) is 2.10. The summed E-state index contributed by atoms with van der Waals surface area (Å²) < 4.78 is 0. The van der Waals surface area contributed by atoms with E-state index in [1.165, 1.54) is 24.8 Å². The van der Waals surface area contributed by atoms with E-state index in [9.17, 15) is 0 Å².